The minimum atomic E-state index is 0. The highest BCUT2D eigenvalue weighted by molar-refractivity contribution is 14.0. The standard InChI is InChI=1S/C22H29N3O4.HI/c1-5-28-20-10-15-8-14(2)29-21(15)11-17(20)13-25-22(23-3)24-12-16-9-18(27-4)6-7-19(16)26;/h6-7,9-11,14,26H,5,8,12-13H2,1-4H3,(H2,23,24,25);1H. The largest absolute Gasteiger partial charge is 0.508 e. The minimum absolute atomic E-state index is 0. The van der Waals surface area contributed by atoms with Gasteiger partial charge in [0, 0.05) is 43.2 Å². The molecule has 1 heterocycles. The average molecular weight is 527 g/mol. The molecule has 0 aromatic heterocycles. The molecule has 8 heteroatoms. The molecule has 1 atom stereocenters. The molecule has 3 rings (SSSR count). The van der Waals surface area contributed by atoms with Gasteiger partial charge in [-0.05, 0) is 44.2 Å². The van der Waals surface area contributed by atoms with Gasteiger partial charge in [-0.1, -0.05) is 0 Å². The van der Waals surface area contributed by atoms with Crippen molar-refractivity contribution < 1.29 is 19.3 Å². The van der Waals surface area contributed by atoms with Crippen LogP contribution in [0.3, 0.4) is 0 Å². The van der Waals surface area contributed by atoms with Crippen molar-refractivity contribution in [2.75, 3.05) is 20.8 Å². The number of nitrogens with zero attached hydrogens (tertiary/aromatic N) is 1. The number of benzene rings is 2. The molecule has 2 aromatic rings. The van der Waals surface area contributed by atoms with Crippen molar-refractivity contribution in [1.29, 1.82) is 0 Å². The zero-order valence-electron chi connectivity index (χ0n) is 17.8. The SMILES string of the molecule is CCOc1cc2c(cc1CNC(=NC)NCc1cc(OC)ccc1O)OC(C)C2.I. The lowest BCUT2D eigenvalue weighted by molar-refractivity contribution is 0.254. The summed E-state index contributed by atoms with van der Waals surface area (Å²) >= 11 is 0. The molecule has 3 N–H and O–H groups in total. The second-order valence-electron chi connectivity index (χ2n) is 6.91. The Morgan fingerprint density at radius 1 is 1.20 bits per heavy atom. The van der Waals surface area contributed by atoms with Crippen molar-refractivity contribution in [3.05, 3.63) is 47.0 Å². The van der Waals surface area contributed by atoms with Crippen molar-refractivity contribution in [1.82, 2.24) is 10.6 Å². The number of aliphatic imine (C=N–C) groups is 1. The lowest BCUT2D eigenvalue weighted by Gasteiger charge is -2.16. The number of ether oxygens (including phenoxy) is 3. The molecule has 30 heavy (non-hydrogen) atoms. The lowest BCUT2D eigenvalue weighted by Crippen LogP contribution is -2.36. The quantitative estimate of drug-likeness (QED) is 0.290. The molecule has 0 amide bonds. The third-order valence-corrected chi connectivity index (χ3v) is 4.78. The van der Waals surface area contributed by atoms with Crippen LogP contribution in [0, 0.1) is 0 Å². The van der Waals surface area contributed by atoms with Crippen LogP contribution in [-0.2, 0) is 19.5 Å². The number of nitrogens with one attached hydrogen (secondary N) is 2. The van der Waals surface area contributed by atoms with Crippen molar-refractivity contribution in [3.63, 3.8) is 0 Å². The monoisotopic (exact) mass is 527 g/mol. The zero-order chi connectivity index (χ0) is 20.8. The summed E-state index contributed by atoms with van der Waals surface area (Å²) in [6.45, 7) is 5.59. The van der Waals surface area contributed by atoms with Gasteiger partial charge in [-0.15, -0.1) is 24.0 Å². The number of rotatable bonds is 7. The van der Waals surface area contributed by atoms with Crippen LogP contribution in [0.15, 0.2) is 35.3 Å². The Hall–Kier alpha value is -2.36. The Kier molecular flexibility index (Phi) is 8.88. The second kappa shape index (κ2) is 11.1. The lowest BCUT2D eigenvalue weighted by atomic mass is 10.1. The van der Waals surface area contributed by atoms with Gasteiger partial charge in [-0.2, -0.15) is 0 Å². The number of fused-ring (bicyclic) bond motifs is 1. The van der Waals surface area contributed by atoms with E-state index in [1.807, 2.05) is 13.0 Å². The highest BCUT2D eigenvalue weighted by Crippen LogP contribution is 2.35. The van der Waals surface area contributed by atoms with Crippen LogP contribution in [0.5, 0.6) is 23.0 Å². The van der Waals surface area contributed by atoms with Crippen molar-refractivity contribution in [2.45, 2.75) is 39.5 Å². The number of phenolic OH excluding ortho intramolecular Hbond substituents is 1. The molecule has 1 aliphatic heterocycles. The normalized spacial score (nSPS) is 14.9. The topological polar surface area (TPSA) is 84.3 Å². The van der Waals surface area contributed by atoms with Gasteiger partial charge in [0.25, 0.3) is 0 Å². The van der Waals surface area contributed by atoms with E-state index in [-0.39, 0.29) is 35.8 Å². The Bertz CT molecular complexity index is 889. The fourth-order valence-electron chi connectivity index (χ4n) is 3.32. The van der Waals surface area contributed by atoms with Crippen molar-refractivity contribution in [3.8, 4) is 23.0 Å². The van der Waals surface area contributed by atoms with Crippen LogP contribution in [0.1, 0.15) is 30.5 Å². The first-order valence-electron chi connectivity index (χ1n) is 9.79. The minimum Gasteiger partial charge on any atom is -0.508 e. The first-order valence-corrected chi connectivity index (χ1v) is 9.79. The number of phenols is 1. The van der Waals surface area contributed by atoms with E-state index in [0.29, 0.717) is 31.4 Å². The van der Waals surface area contributed by atoms with Crippen LogP contribution in [0.25, 0.3) is 0 Å². The second-order valence-corrected chi connectivity index (χ2v) is 6.91. The van der Waals surface area contributed by atoms with Gasteiger partial charge < -0.3 is 30.0 Å². The third kappa shape index (κ3) is 5.84. The number of halogens is 1. The average Bonchev–Trinajstić information content (AvgIpc) is 3.08. The first-order chi connectivity index (χ1) is 14.0. The molecule has 0 saturated heterocycles. The van der Waals surface area contributed by atoms with Crippen LogP contribution >= 0.6 is 24.0 Å². The van der Waals surface area contributed by atoms with E-state index in [2.05, 4.69) is 28.6 Å². The summed E-state index contributed by atoms with van der Waals surface area (Å²) in [4.78, 5) is 4.26. The molecule has 0 aliphatic carbocycles. The summed E-state index contributed by atoms with van der Waals surface area (Å²) in [6, 6.07) is 9.24. The number of hydrogen-bond acceptors (Lipinski definition) is 5. The highest BCUT2D eigenvalue weighted by Gasteiger charge is 2.22. The number of hydrogen-bond donors (Lipinski definition) is 3. The van der Waals surface area contributed by atoms with Crippen molar-refractivity contribution in [2.24, 2.45) is 4.99 Å². The van der Waals surface area contributed by atoms with Gasteiger partial charge >= 0.3 is 0 Å². The van der Waals surface area contributed by atoms with E-state index >= 15 is 0 Å². The molecule has 164 valence electrons. The maximum Gasteiger partial charge on any atom is 0.191 e. The van der Waals surface area contributed by atoms with Crippen molar-refractivity contribution >= 4 is 29.9 Å². The van der Waals surface area contributed by atoms with Crippen LogP contribution in [0.4, 0.5) is 0 Å². The Morgan fingerprint density at radius 3 is 2.60 bits per heavy atom. The predicted octanol–water partition coefficient (Wildman–Crippen LogP) is 3.61. The maximum atomic E-state index is 10.0. The van der Waals surface area contributed by atoms with E-state index < -0.39 is 0 Å². The third-order valence-electron chi connectivity index (χ3n) is 4.78. The van der Waals surface area contributed by atoms with Gasteiger partial charge in [0.2, 0.25) is 0 Å². The molecule has 0 fully saturated rings. The van der Waals surface area contributed by atoms with Crippen LogP contribution in [0.2, 0.25) is 0 Å². The van der Waals surface area contributed by atoms with Gasteiger partial charge in [-0.3, -0.25) is 4.99 Å². The molecule has 1 aliphatic rings. The summed E-state index contributed by atoms with van der Waals surface area (Å²) in [5, 5.41) is 16.6. The smallest absolute Gasteiger partial charge is 0.191 e. The predicted molar refractivity (Wildman–Crippen MR) is 129 cm³/mol. The number of guanidine groups is 1. The number of aromatic hydroxyl groups is 1. The summed E-state index contributed by atoms with van der Waals surface area (Å²) in [6.07, 6.45) is 1.09. The Morgan fingerprint density at radius 2 is 1.93 bits per heavy atom. The maximum absolute atomic E-state index is 10.0. The summed E-state index contributed by atoms with van der Waals surface area (Å²) in [5.74, 6) is 3.29. The summed E-state index contributed by atoms with van der Waals surface area (Å²) in [7, 11) is 3.30. The van der Waals surface area contributed by atoms with E-state index in [9.17, 15) is 5.11 Å². The number of methoxy groups -OCH3 is 1. The van der Waals surface area contributed by atoms with Gasteiger partial charge in [-0.25, -0.2) is 0 Å². The van der Waals surface area contributed by atoms with E-state index in [1.165, 1.54) is 5.56 Å². The van der Waals surface area contributed by atoms with Crippen LogP contribution < -0.4 is 24.8 Å². The first kappa shape index (κ1) is 23.9. The molecule has 0 radical (unpaired) electrons. The molecular formula is C22H30IN3O4. The van der Waals surface area contributed by atoms with E-state index in [0.717, 1.165) is 29.0 Å². The molecule has 7 nitrogen and oxygen atoms in total. The van der Waals surface area contributed by atoms with Gasteiger partial charge in [0.15, 0.2) is 5.96 Å². The molecule has 2 aromatic carbocycles. The molecular weight excluding hydrogens is 497 g/mol. The van der Waals surface area contributed by atoms with E-state index in [1.54, 1.807) is 32.4 Å². The Balaban J connectivity index is 0.00000320. The fourth-order valence-corrected chi connectivity index (χ4v) is 3.32. The molecule has 0 saturated carbocycles. The summed E-state index contributed by atoms with van der Waals surface area (Å²) in [5.41, 5.74) is 2.91. The molecule has 0 spiro atoms. The Labute approximate surface area is 194 Å². The van der Waals surface area contributed by atoms with Gasteiger partial charge in [0.1, 0.15) is 29.1 Å². The van der Waals surface area contributed by atoms with Gasteiger partial charge in [0.05, 0.1) is 13.7 Å². The fraction of sp³-hybridized carbons (Fsp3) is 0.409. The molecule has 0 bridgehead atoms. The van der Waals surface area contributed by atoms with E-state index in [4.69, 9.17) is 14.2 Å². The highest BCUT2D eigenvalue weighted by atomic mass is 127. The van der Waals surface area contributed by atoms with Crippen LogP contribution in [-0.4, -0.2) is 37.9 Å². The molecule has 1 unspecified atom stereocenters. The summed E-state index contributed by atoms with van der Waals surface area (Å²) < 4.78 is 16.9. The zero-order valence-corrected chi connectivity index (χ0v) is 20.2.